The number of ether oxygens (including phenoxy) is 1. The normalized spacial score (nSPS) is 16.3. The van der Waals surface area contributed by atoms with Crippen molar-refractivity contribution in [1.29, 1.82) is 0 Å². The van der Waals surface area contributed by atoms with Gasteiger partial charge in [0, 0.05) is 54.1 Å². The van der Waals surface area contributed by atoms with Crippen LogP contribution in [0.1, 0.15) is 31.7 Å². The molecule has 1 aromatic carbocycles. The lowest BCUT2D eigenvalue weighted by Crippen LogP contribution is -2.53. The molecule has 2 aliphatic rings. The van der Waals surface area contributed by atoms with Crippen LogP contribution in [0.15, 0.2) is 43.0 Å². The number of aromatic nitrogens is 5. The molecule has 0 radical (unpaired) electrons. The van der Waals surface area contributed by atoms with Crippen molar-refractivity contribution in [2.45, 2.75) is 51.5 Å². The molecular formula is C27H30N6O4S. The largest absolute Gasteiger partial charge is 0.492 e. The van der Waals surface area contributed by atoms with Gasteiger partial charge in [-0.15, -0.1) is 11.3 Å². The maximum atomic E-state index is 12.1. The quantitative estimate of drug-likeness (QED) is 0.390. The van der Waals surface area contributed by atoms with Gasteiger partial charge in [-0.2, -0.15) is 5.10 Å². The number of carbonyl (C=O) groups is 1. The van der Waals surface area contributed by atoms with Crippen LogP contribution in [0, 0.1) is 0 Å². The van der Waals surface area contributed by atoms with Crippen LogP contribution in [0.3, 0.4) is 0 Å². The Hall–Kier alpha value is -3.54. The van der Waals surface area contributed by atoms with Crippen LogP contribution >= 0.6 is 11.3 Å². The minimum absolute atomic E-state index is 0.106. The van der Waals surface area contributed by atoms with Gasteiger partial charge in [0.2, 0.25) is 0 Å². The molecule has 6 rings (SSSR count). The SMILES string of the molecule is CC(O)C(=O)N1CC(n2ccnc2-c2nc3c(s2)CCOc2cc(-c4cnn(CC(C)(C)O)c4)ccc2-3)C1. The van der Waals surface area contributed by atoms with E-state index in [-0.39, 0.29) is 11.9 Å². The Bertz CT molecular complexity index is 1490. The van der Waals surface area contributed by atoms with E-state index in [1.54, 1.807) is 47.2 Å². The second-order valence-electron chi connectivity index (χ2n) is 10.6. The molecule has 1 amide bonds. The zero-order valence-electron chi connectivity index (χ0n) is 21.5. The van der Waals surface area contributed by atoms with E-state index >= 15 is 0 Å². The van der Waals surface area contributed by atoms with Crippen molar-refractivity contribution >= 4 is 17.2 Å². The maximum absolute atomic E-state index is 12.1. The zero-order chi connectivity index (χ0) is 26.6. The lowest BCUT2D eigenvalue weighted by Gasteiger charge is -2.40. The summed E-state index contributed by atoms with van der Waals surface area (Å²) >= 11 is 1.63. The first kappa shape index (κ1) is 24.8. The fourth-order valence-electron chi connectivity index (χ4n) is 4.94. The fraction of sp³-hybridized carbons (Fsp3) is 0.407. The Morgan fingerprint density at radius 3 is 2.87 bits per heavy atom. The lowest BCUT2D eigenvalue weighted by atomic mass is 10.0. The lowest BCUT2D eigenvalue weighted by molar-refractivity contribution is -0.145. The van der Waals surface area contributed by atoms with E-state index in [1.807, 2.05) is 30.6 Å². The second-order valence-corrected chi connectivity index (χ2v) is 11.7. The summed E-state index contributed by atoms with van der Waals surface area (Å²) < 4.78 is 9.96. The number of aliphatic hydroxyl groups excluding tert-OH is 1. The highest BCUT2D eigenvalue weighted by Crippen LogP contribution is 2.42. The molecule has 10 nitrogen and oxygen atoms in total. The topological polar surface area (TPSA) is 119 Å². The average Bonchev–Trinajstić information content (AvgIpc) is 3.55. The van der Waals surface area contributed by atoms with Gasteiger partial charge in [0.15, 0.2) is 10.8 Å². The first-order valence-corrected chi connectivity index (χ1v) is 13.5. The molecule has 0 spiro atoms. The van der Waals surface area contributed by atoms with Gasteiger partial charge in [-0.05, 0) is 38.5 Å². The summed E-state index contributed by atoms with van der Waals surface area (Å²) in [5.74, 6) is 1.32. The second kappa shape index (κ2) is 9.33. The zero-order valence-corrected chi connectivity index (χ0v) is 22.4. The van der Waals surface area contributed by atoms with E-state index in [2.05, 4.69) is 14.6 Å². The summed E-state index contributed by atoms with van der Waals surface area (Å²) in [5.41, 5.74) is 2.95. The Morgan fingerprint density at radius 1 is 1.29 bits per heavy atom. The summed E-state index contributed by atoms with van der Waals surface area (Å²) in [5, 5.41) is 24.9. The highest BCUT2D eigenvalue weighted by Gasteiger charge is 2.35. The molecule has 2 aliphatic heterocycles. The molecule has 38 heavy (non-hydrogen) atoms. The molecule has 1 saturated heterocycles. The maximum Gasteiger partial charge on any atom is 0.251 e. The Kier molecular flexibility index (Phi) is 6.09. The highest BCUT2D eigenvalue weighted by molar-refractivity contribution is 7.15. The summed E-state index contributed by atoms with van der Waals surface area (Å²) in [7, 11) is 0. The first-order valence-electron chi connectivity index (χ1n) is 12.7. The molecule has 11 heteroatoms. The first-order chi connectivity index (χ1) is 18.2. The molecule has 0 saturated carbocycles. The molecule has 5 heterocycles. The molecule has 1 unspecified atom stereocenters. The van der Waals surface area contributed by atoms with Crippen molar-refractivity contribution in [1.82, 2.24) is 29.2 Å². The van der Waals surface area contributed by atoms with Gasteiger partial charge in [0.25, 0.3) is 5.91 Å². The van der Waals surface area contributed by atoms with Crippen LogP contribution in [0.5, 0.6) is 5.75 Å². The molecule has 4 aromatic rings. The predicted molar refractivity (Wildman–Crippen MR) is 143 cm³/mol. The average molecular weight is 535 g/mol. The number of thiazole rings is 1. The smallest absolute Gasteiger partial charge is 0.251 e. The number of hydrogen-bond acceptors (Lipinski definition) is 8. The van der Waals surface area contributed by atoms with E-state index in [1.165, 1.54) is 6.92 Å². The van der Waals surface area contributed by atoms with Crippen LogP contribution in [-0.4, -0.2) is 76.7 Å². The van der Waals surface area contributed by atoms with Crippen LogP contribution in [0.4, 0.5) is 0 Å². The summed E-state index contributed by atoms with van der Waals surface area (Å²) in [6.07, 6.45) is 7.19. The van der Waals surface area contributed by atoms with Gasteiger partial charge in [-0.25, -0.2) is 9.97 Å². The van der Waals surface area contributed by atoms with Gasteiger partial charge in [0.1, 0.15) is 11.9 Å². The highest BCUT2D eigenvalue weighted by atomic mass is 32.1. The van der Waals surface area contributed by atoms with Gasteiger partial charge < -0.3 is 24.4 Å². The Balaban J connectivity index is 1.26. The number of likely N-dealkylation sites (tertiary alicyclic amines) is 1. The van der Waals surface area contributed by atoms with E-state index in [0.717, 1.165) is 50.3 Å². The van der Waals surface area contributed by atoms with Crippen LogP contribution in [0.2, 0.25) is 0 Å². The van der Waals surface area contributed by atoms with Crippen molar-refractivity contribution in [3.05, 3.63) is 47.9 Å². The molecule has 2 N–H and O–H groups in total. The minimum atomic E-state index is -0.987. The summed E-state index contributed by atoms with van der Waals surface area (Å²) in [4.78, 5) is 24.5. The van der Waals surface area contributed by atoms with Crippen molar-refractivity contribution < 1.29 is 19.7 Å². The van der Waals surface area contributed by atoms with Crippen LogP contribution < -0.4 is 4.74 Å². The number of fused-ring (bicyclic) bond motifs is 3. The number of amides is 1. The number of benzene rings is 1. The van der Waals surface area contributed by atoms with Crippen molar-refractivity contribution in [2.24, 2.45) is 0 Å². The molecular weight excluding hydrogens is 504 g/mol. The summed E-state index contributed by atoms with van der Waals surface area (Å²) in [6, 6.07) is 6.22. The third-order valence-electron chi connectivity index (χ3n) is 6.82. The summed E-state index contributed by atoms with van der Waals surface area (Å²) in [6.45, 7) is 7.07. The number of carbonyl (C=O) groups excluding carboxylic acids is 1. The van der Waals surface area contributed by atoms with Gasteiger partial charge in [-0.3, -0.25) is 9.48 Å². The van der Waals surface area contributed by atoms with Gasteiger partial charge in [0.05, 0.1) is 36.7 Å². The predicted octanol–water partition coefficient (Wildman–Crippen LogP) is 3.01. The molecule has 0 aliphatic carbocycles. The van der Waals surface area contributed by atoms with Crippen molar-refractivity contribution in [3.8, 4) is 39.0 Å². The third-order valence-corrected chi connectivity index (χ3v) is 7.93. The number of aliphatic hydroxyl groups is 2. The number of hydrogen-bond donors (Lipinski definition) is 2. The molecule has 0 bridgehead atoms. The minimum Gasteiger partial charge on any atom is -0.492 e. The van der Waals surface area contributed by atoms with Gasteiger partial charge >= 0.3 is 0 Å². The standard InChI is InChI=1S/C27H30N6O4S/c1-16(34)26(35)31-13-19(14-31)33-8-7-28-24(33)25-30-23-20-5-4-17(10-21(20)37-9-6-22(23)38-25)18-11-29-32(12-18)15-27(2,3)36/h4-5,7-8,10-12,16,19,34,36H,6,9,13-15H2,1-3H3. The van der Waals surface area contributed by atoms with Crippen LogP contribution in [0.25, 0.3) is 33.2 Å². The Morgan fingerprint density at radius 2 is 2.11 bits per heavy atom. The van der Waals surface area contributed by atoms with E-state index in [4.69, 9.17) is 9.72 Å². The third kappa shape index (κ3) is 4.61. The monoisotopic (exact) mass is 534 g/mol. The number of imidazole rings is 1. The van der Waals surface area contributed by atoms with Crippen LogP contribution in [-0.2, 0) is 17.8 Å². The molecule has 198 valence electrons. The Labute approximate surface area is 224 Å². The molecule has 1 atom stereocenters. The number of rotatable bonds is 6. The van der Waals surface area contributed by atoms with E-state index in [9.17, 15) is 15.0 Å². The van der Waals surface area contributed by atoms with E-state index < -0.39 is 11.7 Å². The molecule has 1 fully saturated rings. The van der Waals surface area contributed by atoms with Gasteiger partial charge in [-0.1, -0.05) is 6.07 Å². The van der Waals surface area contributed by atoms with E-state index in [0.29, 0.717) is 26.2 Å². The van der Waals surface area contributed by atoms with Crippen molar-refractivity contribution in [2.75, 3.05) is 19.7 Å². The fourth-order valence-corrected chi connectivity index (χ4v) is 6.00. The number of nitrogens with zero attached hydrogens (tertiary/aromatic N) is 6. The molecule has 3 aromatic heterocycles. The van der Waals surface area contributed by atoms with Crippen molar-refractivity contribution in [3.63, 3.8) is 0 Å².